The third-order valence-electron chi connectivity index (χ3n) is 5.76. The monoisotopic (exact) mass is 436 g/mol. The number of fused-ring (bicyclic) bond motifs is 2. The number of aromatic nitrogens is 1. The van der Waals surface area contributed by atoms with Crippen LogP contribution in [0.1, 0.15) is 23.4 Å². The van der Waals surface area contributed by atoms with Crippen LogP contribution in [0.2, 0.25) is 5.02 Å². The highest BCUT2D eigenvalue weighted by Gasteiger charge is 2.17. The van der Waals surface area contributed by atoms with Crippen LogP contribution < -0.4 is 10.9 Å². The fraction of sp³-hybridized carbons (Fsp3) is 0.250. The van der Waals surface area contributed by atoms with Gasteiger partial charge in [-0.05, 0) is 61.2 Å². The average Bonchev–Trinajstić information content (AvgIpc) is 3.20. The minimum Gasteiger partial charge on any atom is -0.451 e. The molecule has 2 aromatic carbocycles. The number of hydrogen-bond acceptors (Lipinski definition) is 4. The summed E-state index contributed by atoms with van der Waals surface area (Å²) in [6.07, 6.45) is 3.73. The number of halogens is 1. The Morgan fingerprint density at radius 2 is 1.94 bits per heavy atom. The molecule has 158 valence electrons. The van der Waals surface area contributed by atoms with Gasteiger partial charge in [-0.15, -0.1) is 0 Å². The molecular weight excluding hydrogens is 416 g/mol. The number of benzene rings is 2. The molecule has 0 saturated carbocycles. The zero-order valence-corrected chi connectivity index (χ0v) is 17.5. The van der Waals surface area contributed by atoms with E-state index in [-0.39, 0.29) is 17.2 Å². The van der Waals surface area contributed by atoms with Crippen LogP contribution >= 0.6 is 11.6 Å². The predicted octanol–water partition coefficient (Wildman–Crippen LogP) is 5.08. The van der Waals surface area contributed by atoms with E-state index >= 15 is 0 Å². The van der Waals surface area contributed by atoms with Gasteiger partial charge in [0.2, 0.25) is 0 Å². The van der Waals surface area contributed by atoms with Crippen LogP contribution in [-0.2, 0) is 11.3 Å². The summed E-state index contributed by atoms with van der Waals surface area (Å²) in [5, 5.41) is 5.48. The summed E-state index contributed by atoms with van der Waals surface area (Å²) >= 11 is 6.01. The summed E-state index contributed by atoms with van der Waals surface area (Å²) in [6.45, 7) is 2.17. The van der Waals surface area contributed by atoms with Gasteiger partial charge in [-0.2, -0.15) is 0 Å². The van der Waals surface area contributed by atoms with E-state index in [0.717, 1.165) is 31.4 Å². The molecule has 0 atom stereocenters. The Balaban J connectivity index is 1.43. The number of anilines is 1. The molecule has 0 bridgehead atoms. The van der Waals surface area contributed by atoms with Gasteiger partial charge in [-0.1, -0.05) is 17.7 Å². The molecular formula is C24H21ClN2O4. The second kappa shape index (κ2) is 8.21. The molecule has 4 aromatic rings. The van der Waals surface area contributed by atoms with Crippen molar-refractivity contribution in [3.8, 4) is 0 Å². The molecule has 0 spiro atoms. The lowest BCUT2D eigenvalue weighted by atomic mass is 10.00. The van der Waals surface area contributed by atoms with Crippen molar-refractivity contribution in [3.05, 3.63) is 75.9 Å². The van der Waals surface area contributed by atoms with E-state index in [0.29, 0.717) is 39.5 Å². The number of furan rings is 1. The first-order chi connectivity index (χ1) is 15.1. The molecule has 6 nitrogen and oxygen atoms in total. The van der Waals surface area contributed by atoms with Crippen LogP contribution in [0.5, 0.6) is 0 Å². The zero-order valence-electron chi connectivity index (χ0n) is 16.8. The van der Waals surface area contributed by atoms with E-state index in [1.54, 1.807) is 53.2 Å². The van der Waals surface area contributed by atoms with Crippen molar-refractivity contribution < 1.29 is 13.9 Å². The van der Waals surface area contributed by atoms with Crippen LogP contribution in [0.25, 0.3) is 21.7 Å². The summed E-state index contributed by atoms with van der Waals surface area (Å²) in [4.78, 5) is 25.8. The van der Waals surface area contributed by atoms with E-state index in [2.05, 4.69) is 5.32 Å². The number of hydrogen-bond donors (Lipinski definition) is 1. The molecule has 0 aliphatic carbocycles. The van der Waals surface area contributed by atoms with Gasteiger partial charge in [-0.3, -0.25) is 9.59 Å². The number of nitrogens with one attached hydrogen (secondary N) is 1. The third-order valence-corrected chi connectivity index (χ3v) is 6.00. The van der Waals surface area contributed by atoms with Crippen molar-refractivity contribution in [2.75, 3.05) is 18.5 Å². The highest BCUT2D eigenvalue weighted by molar-refractivity contribution is 6.31. The van der Waals surface area contributed by atoms with Gasteiger partial charge < -0.3 is 19.0 Å². The first kappa shape index (κ1) is 19.8. The zero-order chi connectivity index (χ0) is 21.4. The van der Waals surface area contributed by atoms with Gasteiger partial charge in [-0.25, -0.2) is 0 Å². The van der Waals surface area contributed by atoms with E-state index in [4.69, 9.17) is 20.8 Å². The maximum absolute atomic E-state index is 13.0. The lowest BCUT2D eigenvalue weighted by Crippen LogP contribution is -2.27. The van der Waals surface area contributed by atoms with E-state index < -0.39 is 0 Å². The minimum absolute atomic E-state index is 0.0570. The topological polar surface area (TPSA) is 73.5 Å². The number of nitrogens with zero attached hydrogens (tertiary/aromatic N) is 1. The van der Waals surface area contributed by atoms with Crippen molar-refractivity contribution >= 4 is 44.9 Å². The molecule has 1 aliphatic heterocycles. The summed E-state index contributed by atoms with van der Waals surface area (Å²) in [6, 6.07) is 14.1. The van der Waals surface area contributed by atoms with Crippen molar-refractivity contribution in [2.45, 2.75) is 19.4 Å². The Labute approximate surface area is 183 Å². The smallest absolute Gasteiger partial charge is 0.291 e. The van der Waals surface area contributed by atoms with Crippen LogP contribution in [0, 0.1) is 5.92 Å². The minimum atomic E-state index is -0.383. The Kier molecular flexibility index (Phi) is 5.26. The molecule has 1 saturated heterocycles. The number of carbonyl (C=O) groups excluding carboxylic acids is 1. The molecule has 31 heavy (non-hydrogen) atoms. The second-order valence-corrected chi connectivity index (χ2v) is 8.28. The second-order valence-electron chi connectivity index (χ2n) is 7.84. The Hall–Kier alpha value is -3.09. The van der Waals surface area contributed by atoms with Gasteiger partial charge in [0, 0.05) is 52.8 Å². The van der Waals surface area contributed by atoms with Gasteiger partial charge >= 0.3 is 0 Å². The van der Waals surface area contributed by atoms with Crippen LogP contribution in [-0.4, -0.2) is 23.7 Å². The SMILES string of the molecule is O=C(Nc1cccc2c(=O)n(CC3CCOCC3)ccc12)c1cc2cc(Cl)ccc2o1. The molecule has 0 unspecified atom stereocenters. The first-order valence-electron chi connectivity index (χ1n) is 10.3. The van der Waals surface area contributed by atoms with E-state index in [1.807, 2.05) is 6.07 Å². The fourth-order valence-corrected chi connectivity index (χ4v) is 4.27. The highest BCUT2D eigenvalue weighted by Crippen LogP contribution is 2.26. The maximum atomic E-state index is 13.0. The molecule has 1 amide bonds. The molecule has 7 heteroatoms. The highest BCUT2D eigenvalue weighted by atomic mass is 35.5. The largest absolute Gasteiger partial charge is 0.451 e. The first-order valence-corrected chi connectivity index (χ1v) is 10.7. The third kappa shape index (κ3) is 3.96. The Bertz CT molecular complexity index is 1330. The number of amides is 1. The Morgan fingerprint density at radius 3 is 2.77 bits per heavy atom. The number of carbonyl (C=O) groups is 1. The summed E-state index contributed by atoms with van der Waals surface area (Å²) < 4.78 is 12.8. The van der Waals surface area contributed by atoms with Crippen LogP contribution in [0.4, 0.5) is 5.69 Å². The van der Waals surface area contributed by atoms with Crippen LogP contribution in [0.3, 0.4) is 0 Å². The maximum Gasteiger partial charge on any atom is 0.291 e. The van der Waals surface area contributed by atoms with Crippen LogP contribution in [0.15, 0.2) is 63.9 Å². The Morgan fingerprint density at radius 1 is 1.10 bits per heavy atom. The van der Waals surface area contributed by atoms with Gasteiger partial charge in [0.25, 0.3) is 11.5 Å². The lowest BCUT2D eigenvalue weighted by molar-refractivity contribution is 0.0610. The van der Waals surface area contributed by atoms with E-state index in [9.17, 15) is 9.59 Å². The van der Waals surface area contributed by atoms with Crippen molar-refractivity contribution in [1.29, 1.82) is 0 Å². The summed E-state index contributed by atoms with van der Waals surface area (Å²) in [5.74, 6) is 0.238. The van der Waals surface area contributed by atoms with Gasteiger partial charge in [0.1, 0.15) is 5.58 Å². The lowest BCUT2D eigenvalue weighted by Gasteiger charge is -2.23. The molecule has 0 radical (unpaired) electrons. The molecule has 2 aromatic heterocycles. The van der Waals surface area contributed by atoms with E-state index in [1.165, 1.54) is 0 Å². The summed E-state index contributed by atoms with van der Waals surface area (Å²) in [7, 11) is 0. The van der Waals surface area contributed by atoms with Crippen molar-refractivity contribution in [1.82, 2.24) is 4.57 Å². The van der Waals surface area contributed by atoms with Crippen molar-refractivity contribution in [2.24, 2.45) is 5.92 Å². The standard InChI is InChI=1S/C24H21ClN2O4/c25-17-4-5-21-16(12-17)13-22(31-21)23(28)26-20-3-1-2-19-18(20)6-9-27(24(19)29)14-15-7-10-30-11-8-15/h1-6,9,12-13,15H,7-8,10-11,14H2,(H,26,28). The molecule has 1 N–H and O–H groups in total. The molecule has 1 aliphatic rings. The molecule has 1 fully saturated rings. The fourth-order valence-electron chi connectivity index (χ4n) is 4.09. The number of pyridine rings is 1. The normalized spacial score (nSPS) is 14.9. The van der Waals surface area contributed by atoms with Crippen molar-refractivity contribution in [3.63, 3.8) is 0 Å². The molecule has 3 heterocycles. The number of rotatable bonds is 4. The average molecular weight is 437 g/mol. The summed E-state index contributed by atoms with van der Waals surface area (Å²) in [5.41, 5.74) is 1.10. The molecule has 5 rings (SSSR count). The van der Waals surface area contributed by atoms with Gasteiger partial charge in [0.05, 0.1) is 0 Å². The quantitative estimate of drug-likeness (QED) is 0.484. The number of ether oxygens (including phenoxy) is 1. The van der Waals surface area contributed by atoms with Gasteiger partial charge in [0.15, 0.2) is 5.76 Å². The predicted molar refractivity (Wildman–Crippen MR) is 121 cm³/mol.